The van der Waals surface area contributed by atoms with E-state index in [2.05, 4.69) is 29.2 Å². The monoisotopic (exact) mass is 297 g/mol. The molecule has 2 aromatic rings. The van der Waals surface area contributed by atoms with Gasteiger partial charge in [0.15, 0.2) is 0 Å². The molecule has 2 N–H and O–H groups in total. The van der Waals surface area contributed by atoms with E-state index >= 15 is 0 Å². The molecule has 22 heavy (non-hydrogen) atoms. The highest BCUT2D eigenvalue weighted by molar-refractivity contribution is 5.27. The van der Waals surface area contributed by atoms with E-state index in [1.807, 2.05) is 18.2 Å². The van der Waals surface area contributed by atoms with Crippen molar-refractivity contribution < 1.29 is 10.2 Å². The molecule has 3 rings (SSSR count). The van der Waals surface area contributed by atoms with Gasteiger partial charge >= 0.3 is 0 Å². The summed E-state index contributed by atoms with van der Waals surface area (Å²) in [4.78, 5) is 2.41. The van der Waals surface area contributed by atoms with Crippen molar-refractivity contribution in [3.8, 4) is 5.75 Å². The minimum atomic E-state index is -0.255. The Hall–Kier alpha value is -1.84. The van der Waals surface area contributed by atoms with Gasteiger partial charge < -0.3 is 10.2 Å². The molecule has 1 aliphatic rings. The van der Waals surface area contributed by atoms with E-state index < -0.39 is 0 Å². The fourth-order valence-corrected chi connectivity index (χ4v) is 3.27. The van der Waals surface area contributed by atoms with Crippen molar-refractivity contribution in [1.29, 1.82) is 0 Å². The Balaban J connectivity index is 1.63. The van der Waals surface area contributed by atoms with E-state index in [0.717, 1.165) is 38.0 Å². The van der Waals surface area contributed by atoms with Crippen LogP contribution in [0.2, 0.25) is 0 Å². The molecule has 2 unspecified atom stereocenters. The average molecular weight is 297 g/mol. The molecule has 0 saturated carbocycles. The fourth-order valence-electron chi connectivity index (χ4n) is 3.27. The summed E-state index contributed by atoms with van der Waals surface area (Å²) in [6, 6.07) is 17.8. The fraction of sp³-hybridized carbons (Fsp3) is 0.368. The Morgan fingerprint density at radius 2 is 1.77 bits per heavy atom. The molecule has 1 fully saturated rings. The van der Waals surface area contributed by atoms with Gasteiger partial charge in [-0.1, -0.05) is 42.5 Å². The molecule has 0 radical (unpaired) electrons. The van der Waals surface area contributed by atoms with Crippen molar-refractivity contribution in [1.82, 2.24) is 4.90 Å². The van der Waals surface area contributed by atoms with Gasteiger partial charge in [-0.15, -0.1) is 0 Å². The van der Waals surface area contributed by atoms with Crippen molar-refractivity contribution in [2.45, 2.75) is 25.5 Å². The Morgan fingerprint density at radius 3 is 2.55 bits per heavy atom. The number of nitrogens with zero attached hydrogens (tertiary/aromatic N) is 1. The number of aromatic hydroxyl groups is 1. The number of aliphatic hydroxyl groups excluding tert-OH is 1. The van der Waals surface area contributed by atoms with Crippen LogP contribution in [0.5, 0.6) is 5.75 Å². The van der Waals surface area contributed by atoms with Crippen molar-refractivity contribution in [2.24, 2.45) is 5.92 Å². The van der Waals surface area contributed by atoms with Crippen LogP contribution in [0, 0.1) is 5.92 Å². The third-order valence-electron chi connectivity index (χ3n) is 4.44. The first-order valence-electron chi connectivity index (χ1n) is 7.93. The van der Waals surface area contributed by atoms with Crippen LogP contribution in [0.4, 0.5) is 0 Å². The van der Waals surface area contributed by atoms with Crippen molar-refractivity contribution in [3.63, 3.8) is 0 Å². The molecule has 1 aliphatic heterocycles. The summed E-state index contributed by atoms with van der Waals surface area (Å²) >= 11 is 0. The van der Waals surface area contributed by atoms with Crippen molar-refractivity contribution >= 4 is 0 Å². The molecule has 116 valence electrons. The highest BCUT2D eigenvalue weighted by atomic mass is 16.3. The van der Waals surface area contributed by atoms with Gasteiger partial charge in [-0.05, 0) is 36.1 Å². The molecule has 3 nitrogen and oxygen atoms in total. The Labute approximate surface area is 131 Å². The average Bonchev–Trinajstić information content (AvgIpc) is 2.52. The van der Waals surface area contributed by atoms with Crippen LogP contribution in [0.1, 0.15) is 17.5 Å². The van der Waals surface area contributed by atoms with E-state index in [1.165, 1.54) is 5.56 Å². The maximum Gasteiger partial charge on any atom is 0.115 e. The van der Waals surface area contributed by atoms with E-state index in [4.69, 9.17) is 0 Å². The number of rotatable bonds is 4. The molecule has 1 saturated heterocycles. The van der Waals surface area contributed by atoms with Gasteiger partial charge in [0.2, 0.25) is 0 Å². The Morgan fingerprint density at radius 1 is 1.00 bits per heavy atom. The number of aliphatic hydroxyl groups is 1. The lowest BCUT2D eigenvalue weighted by Gasteiger charge is -2.36. The minimum Gasteiger partial charge on any atom is -0.508 e. The molecule has 0 aliphatic carbocycles. The largest absolute Gasteiger partial charge is 0.508 e. The van der Waals surface area contributed by atoms with Crippen molar-refractivity contribution in [3.05, 3.63) is 65.7 Å². The molecule has 1 heterocycles. The number of hydrogen-bond donors (Lipinski definition) is 2. The van der Waals surface area contributed by atoms with E-state index in [9.17, 15) is 10.2 Å². The second-order valence-electron chi connectivity index (χ2n) is 6.21. The Kier molecular flexibility index (Phi) is 4.76. The SMILES string of the molecule is Oc1cccc(CC2CN(Cc3ccccc3)CCC2O)c1. The first kappa shape index (κ1) is 15.1. The molecule has 0 bridgehead atoms. The third kappa shape index (κ3) is 3.87. The quantitative estimate of drug-likeness (QED) is 0.912. The lowest BCUT2D eigenvalue weighted by atomic mass is 9.88. The summed E-state index contributed by atoms with van der Waals surface area (Å²) in [7, 11) is 0. The van der Waals surface area contributed by atoms with Gasteiger partial charge in [0.1, 0.15) is 5.75 Å². The minimum absolute atomic E-state index is 0.222. The second-order valence-corrected chi connectivity index (χ2v) is 6.21. The van der Waals surface area contributed by atoms with Gasteiger partial charge in [0.25, 0.3) is 0 Å². The topological polar surface area (TPSA) is 43.7 Å². The van der Waals surface area contributed by atoms with E-state index in [0.29, 0.717) is 5.75 Å². The molecule has 2 aromatic carbocycles. The summed E-state index contributed by atoms with van der Waals surface area (Å²) < 4.78 is 0. The highest BCUT2D eigenvalue weighted by Crippen LogP contribution is 2.24. The van der Waals surface area contributed by atoms with E-state index in [-0.39, 0.29) is 12.0 Å². The molecule has 0 amide bonds. The zero-order valence-electron chi connectivity index (χ0n) is 12.7. The number of benzene rings is 2. The van der Waals surface area contributed by atoms with Gasteiger partial charge in [-0.25, -0.2) is 0 Å². The van der Waals surface area contributed by atoms with Gasteiger partial charge in [0, 0.05) is 25.6 Å². The van der Waals surface area contributed by atoms with Crippen molar-refractivity contribution in [2.75, 3.05) is 13.1 Å². The second kappa shape index (κ2) is 6.95. The van der Waals surface area contributed by atoms with Crippen LogP contribution in [0.3, 0.4) is 0 Å². The van der Waals surface area contributed by atoms with Crippen LogP contribution in [0.15, 0.2) is 54.6 Å². The summed E-state index contributed by atoms with van der Waals surface area (Å²) in [5.74, 6) is 0.517. The first-order chi connectivity index (χ1) is 10.7. The summed E-state index contributed by atoms with van der Waals surface area (Å²) in [5, 5.41) is 19.9. The van der Waals surface area contributed by atoms with Gasteiger partial charge in [-0.3, -0.25) is 4.90 Å². The summed E-state index contributed by atoms with van der Waals surface area (Å²) in [6.07, 6.45) is 1.37. The maximum absolute atomic E-state index is 10.3. The molecular formula is C19H23NO2. The van der Waals surface area contributed by atoms with Crippen LogP contribution in [0.25, 0.3) is 0 Å². The third-order valence-corrected chi connectivity index (χ3v) is 4.44. The lowest BCUT2D eigenvalue weighted by molar-refractivity contribution is 0.0239. The Bertz CT molecular complexity index is 599. The zero-order chi connectivity index (χ0) is 15.4. The number of piperidine rings is 1. The lowest BCUT2D eigenvalue weighted by Crippen LogP contribution is -2.43. The van der Waals surface area contributed by atoms with Crippen LogP contribution < -0.4 is 0 Å². The number of phenols is 1. The van der Waals surface area contributed by atoms with Crippen LogP contribution in [-0.2, 0) is 13.0 Å². The smallest absolute Gasteiger partial charge is 0.115 e. The first-order valence-corrected chi connectivity index (χ1v) is 7.93. The molecule has 0 aromatic heterocycles. The highest BCUT2D eigenvalue weighted by Gasteiger charge is 2.27. The zero-order valence-corrected chi connectivity index (χ0v) is 12.7. The summed E-state index contributed by atoms with van der Waals surface area (Å²) in [6.45, 7) is 2.77. The molecule has 3 heteroatoms. The maximum atomic E-state index is 10.3. The standard InChI is InChI=1S/C19H23NO2/c21-18-8-4-7-16(12-18)11-17-14-20(10-9-19(17)22)13-15-5-2-1-3-6-15/h1-8,12,17,19,21-22H,9-11,13-14H2. The van der Waals surface area contributed by atoms with Crippen LogP contribution in [-0.4, -0.2) is 34.3 Å². The van der Waals surface area contributed by atoms with Gasteiger partial charge in [0.05, 0.1) is 6.10 Å². The van der Waals surface area contributed by atoms with E-state index in [1.54, 1.807) is 12.1 Å². The molecular weight excluding hydrogens is 274 g/mol. The summed E-state index contributed by atoms with van der Waals surface area (Å²) in [5.41, 5.74) is 2.40. The number of likely N-dealkylation sites (tertiary alicyclic amines) is 1. The molecule has 2 atom stereocenters. The van der Waals surface area contributed by atoms with Crippen LogP contribution >= 0.6 is 0 Å². The number of phenolic OH excluding ortho intramolecular Hbond substituents is 1. The molecule has 0 spiro atoms. The number of hydrogen-bond acceptors (Lipinski definition) is 3. The van der Waals surface area contributed by atoms with Gasteiger partial charge in [-0.2, -0.15) is 0 Å². The predicted octanol–water partition coefficient (Wildman–Crippen LogP) is 2.82. The normalized spacial score (nSPS) is 22.6. The predicted molar refractivity (Wildman–Crippen MR) is 87.6 cm³/mol.